The standard InChI is InChI=1S/C13H15NO/c1-11(13-8-5-9-15-13)14-10-12-6-3-2-4-7-12/h2-9,11,14H,10H2,1H3/p+1/t11-/m0/s1. The van der Waals surface area contributed by atoms with Gasteiger partial charge >= 0.3 is 0 Å². The summed E-state index contributed by atoms with van der Waals surface area (Å²) in [5, 5.41) is 2.27. The highest BCUT2D eigenvalue weighted by atomic mass is 16.3. The van der Waals surface area contributed by atoms with Gasteiger partial charge in [-0.15, -0.1) is 0 Å². The average molecular weight is 202 g/mol. The van der Waals surface area contributed by atoms with E-state index in [-0.39, 0.29) is 0 Å². The highest BCUT2D eigenvalue weighted by Gasteiger charge is 2.10. The Kier molecular flexibility index (Phi) is 3.20. The number of benzene rings is 1. The third-order valence-corrected chi connectivity index (χ3v) is 2.54. The molecule has 2 heteroatoms. The Morgan fingerprint density at radius 1 is 1.13 bits per heavy atom. The van der Waals surface area contributed by atoms with E-state index >= 15 is 0 Å². The second-order valence-corrected chi connectivity index (χ2v) is 3.73. The zero-order valence-corrected chi connectivity index (χ0v) is 8.89. The predicted octanol–water partition coefficient (Wildman–Crippen LogP) is 2.10. The molecule has 2 rings (SSSR count). The van der Waals surface area contributed by atoms with E-state index in [9.17, 15) is 0 Å². The van der Waals surface area contributed by atoms with Crippen LogP contribution in [0, 0.1) is 0 Å². The third kappa shape index (κ3) is 2.70. The molecule has 0 aliphatic heterocycles. The molecule has 1 aromatic heterocycles. The number of rotatable bonds is 4. The van der Waals surface area contributed by atoms with E-state index in [0.717, 1.165) is 12.3 Å². The molecule has 0 saturated heterocycles. The summed E-state index contributed by atoms with van der Waals surface area (Å²) in [6, 6.07) is 14.8. The van der Waals surface area contributed by atoms with Crippen molar-refractivity contribution in [1.29, 1.82) is 0 Å². The topological polar surface area (TPSA) is 29.8 Å². The van der Waals surface area contributed by atoms with E-state index < -0.39 is 0 Å². The van der Waals surface area contributed by atoms with Crippen LogP contribution in [-0.2, 0) is 6.54 Å². The summed E-state index contributed by atoms with van der Waals surface area (Å²) in [5.41, 5.74) is 1.34. The van der Waals surface area contributed by atoms with Gasteiger partial charge in [-0.2, -0.15) is 0 Å². The maximum absolute atomic E-state index is 5.35. The minimum atomic E-state index is 0.375. The van der Waals surface area contributed by atoms with Crippen molar-refractivity contribution >= 4 is 0 Å². The first-order chi connectivity index (χ1) is 7.36. The van der Waals surface area contributed by atoms with Gasteiger partial charge in [0.25, 0.3) is 0 Å². The summed E-state index contributed by atoms with van der Waals surface area (Å²) < 4.78 is 5.35. The molecule has 2 aromatic rings. The van der Waals surface area contributed by atoms with Crippen molar-refractivity contribution in [1.82, 2.24) is 0 Å². The first-order valence-electron chi connectivity index (χ1n) is 5.27. The zero-order chi connectivity index (χ0) is 10.5. The van der Waals surface area contributed by atoms with Gasteiger partial charge in [-0.05, 0) is 19.1 Å². The van der Waals surface area contributed by atoms with Crippen LogP contribution in [0.15, 0.2) is 53.1 Å². The summed E-state index contributed by atoms with van der Waals surface area (Å²) >= 11 is 0. The molecule has 2 nitrogen and oxygen atoms in total. The third-order valence-electron chi connectivity index (χ3n) is 2.54. The van der Waals surface area contributed by atoms with Crippen LogP contribution >= 0.6 is 0 Å². The minimum Gasteiger partial charge on any atom is -0.463 e. The highest BCUT2D eigenvalue weighted by Crippen LogP contribution is 2.07. The van der Waals surface area contributed by atoms with E-state index in [0.29, 0.717) is 6.04 Å². The summed E-state index contributed by atoms with van der Waals surface area (Å²) in [7, 11) is 0. The summed E-state index contributed by atoms with van der Waals surface area (Å²) in [5.74, 6) is 1.03. The van der Waals surface area contributed by atoms with Gasteiger partial charge in [0.15, 0.2) is 5.76 Å². The van der Waals surface area contributed by atoms with Gasteiger partial charge in [0.1, 0.15) is 12.6 Å². The van der Waals surface area contributed by atoms with Crippen molar-refractivity contribution in [3.05, 3.63) is 60.1 Å². The second-order valence-electron chi connectivity index (χ2n) is 3.73. The van der Waals surface area contributed by atoms with E-state index in [1.165, 1.54) is 5.56 Å². The molecule has 0 amide bonds. The van der Waals surface area contributed by atoms with Crippen LogP contribution in [0.25, 0.3) is 0 Å². The normalized spacial score (nSPS) is 12.6. The first-order valence-corrected chi connectivity index (χ1v) is 5.27. The van der Waals surface area contributed by atoms with Crippen molar-refractivity contribution in [2.75, 3.05) is 0 Å². The molecule has 1 atom stereocenters. The fourth-order valence-corrected chi connectivity index (χ4v) is 1.59. The van der Waals surface area contributed by atoms with Crippen LogP contribution in [0.5, 0.6) is 0 Å². The molecule has 1 heterocycles. The molecule has 15 heavy (non-hydrogen) atoms. The van der Waals surface area contributed by atoms with E-state index in [4.69, 9.17) is 4.42 Å². The van der Waals surface area contributed by atoms with Crippen molar-refractivity contribution in [3.63, 3.8) is 0 Å². The Hall–Kier alpha value is -1.54. The lowest BCUT2D eigenvalue weighted by atomic mass is 10.2. The fraction of sp³-hybridized carbons (Fsp3) is 0.231. The van der Waals surface area contributed by atoms with Crippen molar-refractivity contribution in [3.8, 4) is 0 Å². The Balaban J connectivity index is 1.89. The molecule has 0 unspecified atom stereocenters. The molecular formula is C13H16NO+. The summed E-state index contributed by atoms with van der Waals surface area (Å²) in [6.45, 7) is 3.14. The van der Waals surface area contributed by atoms with Crippen LogP contribution in [0.3, 0.4) is 0 Å². The summed E-state index contributed by atoms with van der Waals surface area (Å²) in [4.78, 5) is 0. The van der Waals surface area contributed by atoms with Gasteiger partial charge in [-0.1, -0.05) is 30.3 Å². The summed E-state index contributed by atoms with van der Waals surface area (Å²) in [6.07, 6.45) is 1.72. The van der Waals surface area contributed by atoms with Crippen LogP contribution in [0.4, 0.5) is 0 Å². The van der Waals surface area contributed by atoms with Crippen LogP contribution in [-0.4, -0.2) is 0 Å². The molecule has 78 valence electrons. The maximum Gasteiger partial charge on any atom is 0.160 e. The molecule has 0 spiro atoms. The lowest BCUT2D eigenvalue weighted by molar-refractivity contribution is -0.709. The molecule has 2 N–H and O–H groups in total. The quantitative estimate of drug-likeness (QED) is 0.808. The zero-order valence-electron chi connectivity index (χ0n) is 8.89. The Morgan fingerprint density at radius 2 is 1.93 bits per heavy atom. The van der Waals surface area contributed by atoms with Gasteiger partial charge in [-0.25, -0.2) is 0 Å². The largest absolute Gasteiger partial charge is 0.463 e. The number of hydrogen-bond donors (Lipinski definition) is 1. The number of nitrogens with two attached hydrogens (primary N) is 1. The maximum atomic E-state index is 5.35. The number of quaternary nitrogens is 1. The average Bonchev–Trinajstić information content (AvgIpc) is 2.81. The SMILES string of the molecule is C[C@H]([NH2+]Cc1ccccc1)c1ccco1. The molecule has 0 radical (unpaired) electrons. The Morgan fingerprint density at radius 3 is 2.60 bits per heavy atom. The smallest absolute Gasteiger partial charge is 0.160 e. The van der Waals surface area contributed by atoms with E-state index in [1.54, 1.807) is 6.26 Å². The Labute approximate surface area is 89.9 Å². The van der Waals surface area contributed by atoms with Gasteiger partial charge in [0.2, 0.25) is 0 Å². The monoisotopic (exact) mass is 202 g/mol. The lowest BCUT2D eigenvalue weighted by Crippen LogP contribution is -2.82. The van der Waals surface area contributed by atoms with Crippen molar-refractivity contribution < 1.29 is 9.73 Å². The molecule has 0 bridgehead atoms. The van der Waals surface area contributed by atoms with Crippen molar-refractivity contribution in [2.45, 2.75) is 19.5 Å². The highest BCUT2D eigenvalue weighted by molar-refractivity contribution is 5.13. The lowest BCUT2D eigenvalue weighted by Gasteiger charge is -2.07. The van der Waals surface area contributed by atoms with Crippen LogP contribution < -0.4 is 5.32 Å². The van der Waals surface area contributed by atoms with Crippen LogP contribution in [0.1, 0.15) is 24.3 Å². The van der Waals surface area contributed by atoms with E-state index in [1.807, 2.05) is 18.2 Å². The molecule has 1 aromatic carbocycles. The van der Waals surface area contributed by atoms with E-state index in [2.05, 4.69) is 36.5 Å². The second kappa shape index (κ2) is 4.80. The Bertz CT molecular complexity index is 380. The molecule has 0 saturated carbocycles. The molecule has 0 aliphatic rings. The van der Waals surface area contributed by atoms with Gasteiger partial charge in [0, 0.05) is 5.56 Å². The minimum absolute atomic E-state index is 0.375. The van der Waals surface area contributed by atoms with Crippen LogP contribution in [0.2, 0.25) is 0 Å². The van der Waals surface area contributed by atoms with Crippen molar-refractivity contribution in [2.24, 2.45) is 0 Å². The number of furan rings is 1. The fourth-order valence-electron chi connectivity index (χ4n) is 1.59. The molecule has 0 aliphatic carbocycles. The molecule has 0 fully saturated rings. The van der Waals surface area contributed by atoms with Gasteiger partial charge < -0.3 is 9.73 Å². The number of hydrogen-bond acceptors (Lipinski definition) is 1. The van der Waals surface area contributed by atoms with Gasteiger partial charge in [0.05, 0.1) is 6.26 Å². The first kappa shape index (κ1) is 9.99. The van der Waals surface area contributed by atoms with Gasteiger partial charge in [-0.3, -0.25) is 0 Å². The predicted molar refractivity (Wildman–Crippen MR) is 59.2 cm³/mol. The molecular weight excluding hydrogens is 186 g/mol.